The number of carboxylic acids is 1. The van der Waals surface area contributed by atoms with Gasteiger partial charge in [0.1, 0.15) is 12.1 Å². The van der Waals surface area contributed by atoms with Crippen LogP contribution in [-0.2, 0) is 20.8 Å². The average Bonchev–Trinajstić information content (AvgIpc) is 3.15. The summed E-state index contributed by atoms with van der Waals surface area (Å²) in [7, 11) is 0. The molecule has 1 aliphatic heterocycles. The van der Waals surface area contributed by atoms with Crippen LogP contribution in [0, 0.1) is 0 Å². The Labute approximate surface area is 159 Å². The van der Waals surface area contributed by atoms with Gasteiger partial charge in [-0.1, -0.05) is 50.1 Å². The molecule has 0 aliphatic carbocycles. The van der Waals surface area contributed by atoms with Gasteiger partial charge in [-0.05, 0) is 24.8 Å². The van der Waals surface area contributed by atoms with E-state index >= 15 is 0 Å². The summed E-state index contributed by atoms with van der Waals surface area (Å²) in [6, 6.07) is 6.84. The summed E-state index contributed by atoms with van der Waals surface area (Å²) < 4.78 is 0. The maximum atomic E-state index is 12.7. The SMILES string of the molecule is CCCC[C@H](N)C(=O)N1CCC[C@H]1C(=O)N[C@@H](Cc1ccccc1)C(=O)O. The summed E-state index contributed by atoms with van der Waals surface area (Å²) in [5, 5.41) is 12.1. The molecule has 1 aliphatic rings. The molecule has 1 aromatic rings. The number of hydrogen-bond donors (Lipinski definition) is 3. The van der Waals surface area contributed by atoms with Crippen LogP contribution >= 0.6 is 0 Å². The highest BCUT2D eigenvalue weighted by molar-refractivity contribution is 5.92. The molecule has 7 heteroatoms. The van der Waals surface area contributed by atoms with Gasteiger partial charge in [-0.15, -0.1) is 0 Å². The van der Waals surface area contributed by atoms with E-state index in [9.17, 15) is 19.5 Å². The Kier molecular flexibility index (Phi) is 7.79. The van der Waals surface area contributed by atoms with Gasteiger partial charge in [0, 0.05) is 13.0 Å². The molecule has 0 unspecified atom stereocenters. The van der Waals surface area contributed by atoms with Crippen molar-refractivity contribution in [2.75, 3.05) is 6.54 Å². The van der Waals surface area contributed by atoms with E-state index in [-0.39, 0.29) is 12.3 Å². The lowest BCUT2D eigenvalue weighted by Gasteiger charge is -2.27. The monoisotopic (exact) mass is 375 g/mol. The lowest BCUT2D eigenvalue weighted by molar-refractivity contribution is -0.144. The summed E-state index contributed by atoms with van der Waals surface area (Å²) >= 11 is 0. The van der Waals surface area contributed by atoms with E-state index in [4.69, 9.17) is 5.73 Å². The molecule has 7 nitrogen and oxygen atoms in total. The largest absolute Gasteiger partial charge is 0.480 e. The minimum atomic E-state index is -1.09. The normalized spacial score (nSPS) is 18.7. The fourth-order valence-electron chi connectivity index (χ4n) is 3.38. The number of carbonyl (C=O) groups excluding carboxylic acids is 2. The smallest absolute Gasteiger partial charge is 0.326 e. The lowest BCUT2D eigenvalue weighted by Crippen LogP contribution is -2.54. The second-order valence-electron chi connectivity index (χ2n) is 7.03. The van der Waals surface area contributed by atoms with Crippen LogP contribution in [0.1, 0.15) is 44.6 Å². The van der Waals surface area contributed by atoms with E-state index in [1.54, 1.807) is 0 Å². The van der Waals surface area contributed by atoms with E-state index in [2.05, 4.69) is 5.32 Å². The van der Waals surface area contributed by atoms with Gasteiger partial charge < -0.3 is 21.1 Å². The number of benzene rings is 1. The number of hydrogen-bond acceptors (Lipinski definition) is 4. The summed E-state index contributed by atoms with van der Waals surface area (Å²) in [5.41, 5.74) is 6.81. The van der Waals surface area contributed by atoms with Crippen molar-refractivity contribution in [1.29, 1.82) is 0 Å². The van der Waals surface area contributed by atoms with E-state index < -0.39 is 30.0 Å². The first-order valence-corrected chi connectivity index (χ1v) is 9.57. The second kappa shape index (κ2) is 10.1. The number of amides is 2. The highest BCUT2D eigenvalue weighted by atomic mass is 16.4. The number of aliphatic carboxylic acids is 1. The van der Waals surface area contributed by atoms with E-state index in [1.165, 1.54) is 4.90 Å². The van der Waals surface area contributed by atoms with Crippen LogP contribution in [0.4, 0.5) is 0 Å². The predicted molar refractivity (Wildman–Crippen MR) is 102 cm³/mol. The number of unbranched alkanes of at least 4 members (excludes halogenated alkanes) is 1. The van der Waals surface area contributed by atoms with Crippen LogP contribution in [-0.4, -0.2) is 52.5 Å². The predicted octanol–water partition coefficient (Wildman–Crippen LogP) is 1.31. The first-order valence-electron chi connectivity index (χ1n) is 9.57. The number of carbonyl (C=O) groups is 3. The molecule has 3 atom stereocenters. The van der Waals surface area contributed by atoms with E-state index in [0.717, 1.165) is 18.4 Å². The molecule has 2 amide bonds. The number of rotatable bonds is 9. The van der Waals surface area contributed by atoms with Crippen molar-refractivity contribution < 1.29 is 19.5 Å². The minimum absolute atomic E-state index is 0.193. The molecule has 1 fully saturated rings. The Morgan fingerprint density at radius 1 is 1.30 bits per heavy atom. The molecular weight excluding hydrogens is 346 g/mol. The van der Waals surface area contributed by atoms with E-state index in [1.807, 2.05) is 37.3 Å². The maximum absolute atomic E-state index is 12.7. The second-order valence-corrected chi connectivity index (χ2v) is 7.03. The minimum Gasteiger partial charge on any atom is -0.480 e. The highest BCUT2D eigenvalue weighted by Crippen LogP contribution is 2.19. The van der Waals surface area contributed by atoms with Crippen molar-refractivity contribution in [2.24, 2.45) is 5.73 Å². The molecule has 2 rings (SSSR count). The van der Waals surface area contributed by atoms with Gasteiger partial charge in [-0.3, -0.25) is 9.59 Å². The summed E-state index contributed by atoms with van der Waals surface area (Å²) in [6.45, 7) is 2.51. The molecular formula is C20H29N3O4. The summed E-state index contributed by atoms with van der Waals surface area (Å²) in [6.07, 6.45) is 3.82. The molecule has 0 aromatic heterocycles. The standard InChI is InChI=1S/C20H29N3O4/c1-2-3-10-15(21)19(25)23-12-7-11-17(23)18(24)22-16(20(26)27)13-14-8-5-4-6-9-14/h4-6,8-9,15-17H,2-3,7,10-13,21H2,1H3,(H,22,24)(H,26,27)/t15-,16-,17-/m0/s1. The fraction of sp³-hybridized carbons (Fsp3) is 0.550. The van der Waals surface area contributed by atoms with Crippen molar-refractivity contribution in [1.82, 2.24) is 10.2 Å². The number of nitrogens with zero attached hydrogens (tertiary/aromatic N) is 1. The Morgan fingerprint density at radius 2 is 2.00 bits per heavy atom. The molecule has 0 bridgehead atoms. The molecule has 148 valence electrons. The summed E-state index contributed by atoms with van der Waals surface area (Å²) in [4.78, 5) is 38.4. The van der Waals surface area contributed by atoms with E-state index in [0.29, 0.717) is 25.8 Å². The van der Waals surface area contributed by atoms with Crippen molar-refractivity contribution in [3.63, 3.8) is 0 Å². The maximum Gasteiger partial charge on any atom is 0.326 e. The third kappa shape index (κ3) is 5.79. The van der Waals surface area contributed by atoms with Gasteiger partial charge in [0.25, 0.3) is 0 Å². The zero-order valence-electron chi connectivity index (χ0n) is 15.8. The van der Waals surface area contributed by atoms with Crippen molar-refractivity contribution in [3.8, 4) is 0 Å². The first kappa shape index (κ1) is 20.9. The van der Waals surface area contributed by atoms with Crippen LogP contribution in [0.15, 0.2) is 30.3 Å². The fourth-order valence-corrected chi connectivity index (χ4v) is 3.38. The topological polar surface area (TPSA) is 113 Å². The van der Waals surface area contributed by atoms with Gasteiger partial charge in [0.2, 0.25) is 11.8 Å². The van der Waals surface area contributed by atoms with Crippen LogP contribution in [0.5, 0.6) is 0 Å². The van der Waals surface area contributed by atoms with Crippen molar-refractivity contribution in [3.05, 3.63) is 35.9 Å². The number of nitrogens with two attached hydrogens (primary N) is 1. The zero-order chi connectivity index (χ0) is 19.8. The molecule has 0 spiro atoms. The molecule has 0 saturated carbocycles. The van der Waals surface area contributed by atoms with Crippen LogP contribution in [0.25, 0.3) is 0 Å². The number of nitrogens with one attached hydrogen (secondary N) is 1. The molecule has 0 radical (unpaired) electrons. The Morgan fingerprint density at radius 3 is 2.63 bits per heavy atom. The Hall–Kier alpha value is -2.41. The molecule has 4 N–H and O–H groups in total. The third-order valence-electron chi connectivity index (χ3n) is 4.92. The third-order valence-corrected chi connectivity index (χ3v) is 4.92. The van der Waals surface area contributed by atoms with Crippen molar-refractivity contribution in [2.45, 2.75) is 63.6 Å². The molecule has 1 heterocycles. The Bertz CT molecular complexity index is 650. The van der Waals surface area contributed by atoms with Gasteiger partial charge >= 0.3 is 5.97 Å². The average molecular weight is 375 g/mol. The molecule has 1 aromatic carbocycles. The highest BCUT2D eigenvalue weighted by Gasteiger charge is 2.37. The lowest BCUT2D eigenvalue weighted by atomic mass is 10.0. The zero-order valence-corrected chi connectivity index (χ0v) is 15.8. The summed E-state index contributed by atoms with van der Waals surface area (Å²) in [5.74, 6) is -1.74. The Balaban J connectivity index is 2.01. The van der Waals surface area contributed by atoms with Gasteiger partial charge in [0.15, 0.2) is 0 Å². The molecule has 1 saturated heterocycles. The van der Waals surface area contributed by atoms with Crippen molar-refractivity contribution >= 4 is 17.8 Å². The van der Waals surface area contributed by atoms with Gasteiger partial charge in [-0.25, -0.2) is 4.79 Å². The quantitative estimate of drug-likeness (QED) is 0.602. The first-order chi connectivity index (χ1) is 12.9. The number of carboxylic acid groups (broad SMARTS) is 1. The number of likely N-dealkylation sites (tertiary alicyclic amines) is 1. The van der Waals surface area contributed by atoms with Crippen LogP contribution in [0.2, 0.25) is 0 Å². The van der Waals surface area contributed by atoms with Crippen LogP contribution in [0.3, 0.4) is 0 Å². The van der Waals surface area contributed by atoms with Crippen LogP contribution < -0.4 is 11.1 Å². The van der Waals surface area contributed by atoms with Gasteiger partial charge in [0.05, 0.1) is 6.04 Å². The van der Waals surface area contributed by atoms with Gasteiger partial charge in [-0.2, -0.15) is 0 Å². The molecule has 27 heavy (non-hydrogen) atoms.